The summed E-state index contributed by atoms with van der Waals surface area (Å²) in [7, 11) is 0. The molecular weight excluding hydrogens is 458 g/mol. The Labute approximate surface area is 213 Å². The first-order valence-electron chi connectivity index (χ1n) is 12.6. The van der Waals surface area contributed by atoms with Crippen LogP contribution in [-0.2, 0) is 25.7 Å². The Morgan fingerprint density at radius 3 is 2.39 bits per heavy atom. The number of amides is 1. The number of hydrogen-bond acceptors (Lipinski definition) is 4. The van der Waals surface area contributed by atoms with Crippen LogP contribution in [0.4, 0.5) is 0 Å². The minimum Gasteiger partial charge on any atom is -0.481 e. The number of ether oxygens (including phenoxy) is 1. The van der Waals surface area contributed by atoms with Gasteiger partial charge in [0.05, 0.1) is 5.57 Å². The maximum Gasteiger partial charge on any atom is 0.341 e. The second kappa shape index (κ2) is 15.5. The Morgan fingerprint density at radius 2 is 1.75 bits per heavy atom. The van der Waals surface area contributed by atoms with Gasteiger partial charge in [0.2, 0.25) is 5.91 Å². The van der Waals surface area contributed by atoms with Gasteiger partial charge in [-0.25, -0.2) is 9.59 Å². The monoisotopic (exact) mass is 495 g/mol. The number of carboxylic acid groups (broad SMARTS) is 2. The highest BCUT2D eigenvalue weighted by atomic mass is 16.5. The van der Waals surface area contributed by atoms with Crippen molar-refractivity contribution < 1.29 is 29.3 Å². The molecule has 0 bridgehead atoms. The summed E-state index contributed by atoms with van der Waals surface area (Å²) >= 11 is 0. The maximum absolute atomic E-state index is 12.3. The van der Waals surface area contributed by atoms with Crippen molar-refractivity contribution >= 4 is 17.8 Å². The summed E-state index contributed by atoms with van der Waals surface area (Å²) in [6, 6.07) is 7.84. The quantitative estimate of drug-likeness (QED) is 0.273. The third kappa shape index (κ3) is 10.4. The maximum atomic E-state index is 12.3. The summed E-state index contributed by atoms with van der Waals surface area (Å²) < 4.78 is 5.11. The fourth-order valence-electron chi connectivity index (χ4n) is 4.01. The number of hydrogen-bond donors (Lipinski definition) is 2. The molecule has 7 nitrogen and oxygen atoms in total. The van der Waals surface area contributed by atoms with E-state index in [9.17, 15) is 19.5 Å². The van der Waals surface area contributed by atoms with Gasteiger partial charge >= 0.3 is 11.9 Å². The summed E-state index contributed by atoms with van der Waals surface area (Å²) in [5, 5.41) is 18.3. The molecular formula is C29H37NO6. The number of nitrogens with zero attached hydrogens (tertiary/aromatic N) is 1. The van der Waals surface area contributed by atoms with Crippen LogP contribution in [0.3, 0.4) is 0 Å². The van der Waals surface area contributed by atoms with Gasteiger partial charge in [-0.05, 0) is 42.5 Å². The molecule has 0 saturated carbocycles. The van der Waals surface area contributed by atoms with Gasteiger partial charge in [0.15, 0.2) is 6.61 Å². The van der Waals surface area contributed by atoms with Crippen molar-refractivity contribution in [3.05, 3.63) is 58.9 Å². The molecule has 1 amide bonds. The molecule has 0 heterocycles. The molecule has 0 saturated heterocycles. The van der Waals surface area contributed by atoms with Gasteiger partial charge in [0.25, 0.3) is 0 Å². The Morgan fingerprint density at radius 1 is 1.06 bits per heavy atom. The van der Waals surface area contributed by atoms with Crippen molar-refractivity contribution in [1.82, 2.24) is 4.90 Å². The van der Waals surface area contributed by atoms with Crippen LogP contribution in [0.5, 0.6) is 0 Å². The molecule has 1 aromatic carbocycles. The van der Waals surface area contributed by atoms with E-state index in [0.717, 1.165) is 24.0 Å². The van der Waals surface area contributed by atoms with Crippen LogP contribution in [0.2, 0.25) is 0 Å². The first-order valence-corrected chi connectivity index (χ1v) is 12.6. The highest BCUT2D eigenvalue weighted by Crippen LogP contribution is 2.26. The minimum atomic E-state index is -1.18. The first-order chi connectivity index (χ1) is 17.3. The average molecular weight is 496 g/mol. The number of rotatable bonds is 14. The molecule has 36 heavy (non-hydrogen) atoms. The Balaban J connectivity index is 1.90. The highest BCUT2D eigenvalue weighted by molar-refractivity contribution is 5.88. The third-order valence-corrected chi connectivity index (χ3v) is 6.01. The molecule has 0 radical (unpaired) electrons. The molecule has 2 rings (SSSR count). The second-order valence-corrected chi connectivity index (χ2v) is 9.07. The van der Waals surface area contributed by atoms with E-state index in [1.165, 1.54) is 45.1 Å². The number of allylic oxidation sites excluding steroid dienone is 1. The van der Waals surface area contributed by atoms with E-state index < -0.39 is 18.5 Å². The van der Waals surface area contributed by atoms with Gasteiger partial charge in [-0.1, -0.05) is 69.1 Å². The zero-order valence-electron chi connectivity index (χ0n) is 21.3. The molecule has 1 aliphatic carbocycles. The molecule has 0 fully saturated rings. The summed E-state index contributed by atoms with van der Waals surface area (Å²) in [5.74, 6) is 3.82. The smallest absolute Gasteiger partial charge is 0.341 e. The molecule has 1 aliphatic rings. The molecule has 2 N–H and O–H groups in total. The molecule has 7 heteroatoms. The number of carbonyl (C=O) groups excluding carboxylic acids is 1. The van der Waals surface area contributed by atoms with Crippen molar-refractivity contribution in [2.24, 2.45) is 5.92 Å². The van der Waals surface area contributed by atoms with E-state index in [1.807, 2.05) is 24.3 Å². The summed E-state index contributed by atoms with van der Waals surface area (Å²) in [6.45, 7) is 3.84. The number of aliphatic carboxylic acids is 2. The first kappa shape index (κ1) is 28.7. The molecule has 194 valence electrons. The number of benzene rings is 1. The molecule has 0 aliphatic heterocycles. The Hall–Kier alpha value is -3.53. The van der Waals surface area contributed by atoms with Crippen LogP contribution in [0, 0.1) is 17.8 Å². The van der Waals surface area contributed by atoms with Crippen molar-refractivity contribution in [3.63, 3.8) is 0 Å². The van der Waals surface area contributed by atoms with E-state index >= 15 is 0 Å². The number of unbranched alkanes of at least 4 members (excludes halogenated alkanes) is 6. The van der Waals surface area contributed by atoms with Crippen molar-refractivity contribution in [2.75, 3.05) is 13.2 Å². The SMILES string of the molecule is CCCCCCCCC#Cc1ccc(CN(CC2C=CC(OCC(=O)O)=C(C(=O)O)C2)C(C)=O)cc1. The van der Waals surface area contributed by atoms with E-state index in [2.05, 4.69) is 18.8 Å². The van der Waals surface area contributed by atoms with Crippen molar-refractivity contribution in [1.29, 1.82) is 0 Å². The zero-order chi connectivity index (χ0) is 26.3. The van der Waals surface area contributed by atoms with E-state index in [0.29, 0.717) is 13.1 Å². The van der Waals surface area contributed by atoms with Gasteiger partial charge in [0.1, 0.15) is 5.76 Å². The van der Waals surface area contributed by atoms with E-state index in [1.54, 1.807) is 11.0 Å². The summed E-state index contributed by atoms with van der Waals surface area (Å²) in [4.78, 5) is 36.4. The molecule has 1 atom stereocenters. The Kier molecular flexibility index (Phi) is 12.3. The second-order valence-electron chi connectivity index (χ2n) is 9.07. The topological polar surface area (TPSA) is 104 Å². The van der Waals surface area contributed by atoms with Crippen LogP contribution in [0.25, 0.3) is 0 Å². The predicted molar refractivity (Wildman–Crippen MR) is 138 cm³/mol. The fraction of sp³-hybridized carbons (Fsp3) is 0.483. The van der Waals surface area contributed by atoms with Crippen LogP contribution < -0.4 is 0 Å². The van der Waals surface area contributed by atoms with Gasteiger partial charge in [-0.15, -0.1) is 0 Å². The van der Waals surface area contributed by atoms with Crippen molar-refractivity contribution in [2.45, 2.75) is 71.8 Å². The average Bonchev–Trinajstić information content (AvgIpc) is 2.85. The lowest BCUT2D eigenvalue weighted by molar-refractivity contribution is -0.141. The van der Waals surface area contributed by atoms with Crippen LogP contribution in [0.15, 0.2) is 47.7 Å². The summed E-state index contributed by atoms with van der Waals surface area (Å²) in [6.07, 6.45) is 11.8. The summed E-state index contributed by atoms with van der Waals surface area (Å²) in [5.41, 5.74) is 1.92. The predicted octanol–water partition coefficient (Wildman–Crippen LogP) is 5.15. The number of carbonyl (C=O) groups is 3. The normalized spacial score (nSPS) is 14.7. The highest BCUT2D eigenvalue weighted by Gasteiger charge is 2.25. The lowest BCUT2D eigenvalue weighted by atomic mass is 9.92. The van der Waals surface area contributed by atoms with Gasteiger partial charge < -0.3 is 19.8 Å². The largest absolute Gasteiger partial charge is 0.481 e. The van der Waals surface area contributed by atoms with Crippen molar-refractivity contribution in [3.8, 4) is 11.8 Å². The molecule has 0 aromatic heterocycles. The molecule has 0 spiro atoms. The van der Waals surface area contributed by atoms with Crippen LogP contribution in [0.1, 0.15) is 76.3 Å². The van der Waals surface area contributed by atoms with E-state index in [4.69, 9.17) is 9.84 Å². The lowest BCUT2D eigenvalue weighted by Gasteiger charge is -2.27. The Bertz CT molecular complexity index is 1010. The van der Waals surface area contributed by atoms with Crippen LogP contribution >= 0.6 is 0 Å². The lowest BCUT2D eigenvalue weighted by Crippen LogP contribution is -2.34. The fourth-order valence-corrected chi connectivity index (χ4v) is 4.01. The minimum absolute atomic E-state index is 0.0103. The van der Waals surface area contributed by atoms with Gasteiger partial charge in [0, 0.05) is 32.0 Å². The van der Waals surface area contributed by atoms with E-state index in [-0.39, 0.29) is 29.6 Å². The zero-order valence-corrected chi connectivity index (χ0v) is 21.3. The van der Waals surface area contributed by atoms with Crippen LogP contribution in [-0.4, -0.2) is 46.1 Å². The molecule has 1 aromatic rings. The standard InChI is InChI=1S/C29H37NO6/c1-3-4-5-6-7-8-9-10-11-23-12-14-24(15-13-23)19-30(22(2)31)20-25-16-17-27(36-21-28(32)33)26(18-25)29(34)35/h12-17,25H,3-9,18-21H2,1-2H3,(H,32,33)(H,34,35). The number of carboxylic acids is 2. The van der Waals surface area contributed by atoms with Gasteiger partial charge in [-0.2, -0.15) is 0 Å². The molecule has 1 unspecified atom stereocenters. The van der Waals surface area contributed by atoms with Gasteiger partial charge in [-0.3, -0.25) is 4.79 Å². The third-order valence-electron chi connectivity index (χ3n) is 6.01.